The molecular formula is C15H29N. The molecule has 2 fully saturated rings. The third-order valence-corrected chi connectivity index (χ3v) is 4.53. The smallest absolute Gasteiger partial charge is 0.00671 e. The lowest BCUT2D eigenvalue weighted by Gasteiger charge is -2.26. The van der Waals surface area contributed by atoms with Gasteiger partial charge in [-0.05, 0) is 38.1 Å². The average molecular weight is 223 g/mol. The summed E-state index contributed by atoms with van der Waals surface area (Å²) in [5, 5.41) is 3.86. The first-order valence-corrected chi connectivity index (χ1v) is 7.68. The van der Waals surface area contributed by atoms with E-state index in [9.17, 15) is 0 Å². The van der Waals surface area contributed by atoms with E-state index < -0.39 is 0 Å². The maximum Gasteiger partial charge on any atom is 0.00671 e. The van der Waals surface area contributed by atoms with Gasteiger partial charge in [-0.3, -0.25) is 0 Å². The van der Waals surface area contributed by atoms with Crippen LogP contribution < -0.4 is 5.32 Å². The predicted molar refractivity (Wildman–Crippen MR) is 70.7 cm³/mol. The van der Waals surface area contributed by atoms with Gasteiger partial charge in [0.15, 0.2) is 0 Å². The molecule has 0 aromatic carbocycles. The van der Waals surface area contributed by atoms with Crippen molar-refractivity contribution in [3.05, 3.63) is 0 Å². The number of hydrogen-bond donors (Lipinski definition) is 1. The molecule has 0 saturated heterocycles. The molecule has 2 aliphatic carbocycles. The summed E-state index contributed by atoms with van der Waals surface area (Å²) in [4.78, 5) is 0. The number of hydrogen-bond acceptors (Lipinski definition) is 1. The first-order chi connectivity index (χ1) is 7.95. The standard InChI is InChI=1S/C15H29N/c1-2-7-11-15(12-8-3-1)16-13-14-9-5-4-6-10-14/h14-16H,1-13H2. The number of rotatable bonds is 3. The highest BCUT2D eigenvalue weighted by Crippen LogP contribution is 2.24. The van der Waals surface area contributed by atoms with Gasteiger partial charge in [-0.1, -0.05) is 51.4 Å². The van der Waals surface area contributed by atoms with Crippen LogP contribution in [0, 0.1) is 5.92 Å². The van der Waals surface area contributed by atoms with Gasteiger partial charge in [0.1, 0.15) is 0 Å². The van der Waals surface area contributed by atoms with Gasteiger partial charge in [0.2, 0.25) is 0 Å². The van der Waals surface area contributed by atoms with Crippen molar-refractivity contribution in [2.45, 2.75) is 83.1 Å². The van der Waals surface area contributed by atoms with Gasteiger partial charge in [0.05, 0.1) is 0 Å². The van der Waals surface area contributed by atoms with E-state index in [-0.39, 0.29) is 0 Å². The fourth-order valence-corrected chi connectivity index (χ4v) is 3.38. The van der Waals surface area contributed by atoms with Crippen molar-refractivity contribution in [1.29, 1.82) is 0 Å². The Kier molecular flexibility index (Phi) is 5.68. The Hall–Kier alpha value is -0.0400. The first-order valence-electron chi connectivity index (χ1n) is 7.68. The molecule has 2 aliphatic rings. The van der Waals surface area contributed by atoms with Crippen molar-refractivity contribution < 1.29 is 0 Å². The summed E-state index contributed by atoms with van der Waals surface area (Å²) in [6.07, 6.45) is 17.6. The van der Waals surface area contributed by atoms with Crippen molar-refractivity contribution >= 4 is 0 Å². The van der Waals surface area contributed by atoms with Crippen LogP contribution in [-0.2, 0) is 0 Å². The normalized spacial score (nSPS) is 26.2. The lowest BCUT2D eigenvalue weighted by molar-refractivity contribution is 0.307. The molecule has 0 aliphatic heterocycles. The van der Waals surface area contributed by atoms with Gasteiger partial charge in [-0.15, -0.1) is 0 Å². The molecule has 0 amide bonds. The maximum absolute atomic E-state index is 3.86. The molecule has 2 saturated carbocycles. The zero-order valence-corrected chi connectivity index (χ0v) is 10.8. The van der Waals surface area contributed by atoms with Gasteiger partial charge >= 0.3 is 0 Å². The summed E-state index contributed by atoms with van der Waals surface area (Å²) < 4.78 is 0. The molecule has 1 N–H and O–H groups in total. The second-order valence-corrected chi connectivity index (χ2v) is 5.95. The summed E-state index contributed by atoms with van der Waals surface area (Å²) >= 11 is 0. The highest BCUT2D eigenvalue weighted by atomic mass is 14.9. The molecule has 0 radical (unpaired) electrons. The van der Waals surface area contributed by atoms with Crippen LogP contribution in [0.15, 0.2) is 0 Å². The summed E-state index contributed by atoms with van der Waals surface area (Å²) in [6.45, 7) is 1.31. The molecule has 0 heterocycles. The molecule has 16 heavy (non-hydrogen) atoms. The van der Waals surface area contributed by atoms with Crippen LogP contribution in [-0.4, -0.2) is 12.6 Å². The van der Waals surface area contributed by atoms with Crippen LogP contribution in [0.2, 0.25) is 0 Å². The summed E-state index contributed by atoms with van der Waals surface area (Å²) in [5.74, 6) is 0.999. The second-order valence-electron chi connectivity index (χ2n) is 5.95. The molecule has 0 bridgehead atoms. The lowest BCUT2D eigenvalue weighted by Crippen LogP contribution is -2.34. The fourth-order valence-electron chi connectivity index (χ4n) is 3.38. The van der Waals surface area contributed by atoms with Gasteiger partial charge in [0, 0.05) is 6.04 Å². The van der Waals surface area contributed by atoms with Crippen LogP contribution in [0.3, 0.4) is 0 Å². The molecular weight excluding hydrogens is 194 g/mol. The number of nitrogens with one attached hydrogen (secondary N) is 1. The van der Waals surface area contributed by atoms with Gasteiger partial charge in [-0.25, -0.2) is 0 Å². The third-order valence-electron chi connectivity index (χ3n) is 4.53. The molecule has 0 unspecified atom stereocenters. The van der Waals surface area contributed by atoms with Crippen molar-refractivity contribution in [3.63, 3.8) is 0 Å². The molecule has 94 valence electrons. The van der Waals surface area contributed by atoms with Crippen LogP contribution in [0.1, 0.15) is 77.0 Å². The summed E-state index contributed by atoms with van der Waals surface area (Å²) in [7, 11) is 0. The lowest BCUT2D eigenvalue weighted by atomic mass is 9.88. The van der Waals surface area contributed by atoms with Gasteiger partial charge in [-0.2, -0.15) is 0 Å². The first kappa shape index (κ1) is 12.4. The Morgan fingerprint density at radius 3 is 1.81 bits per heavy atom. The quantitative estimate of drug-likeness (QED) is 0.753. The molecule has 0 aromatic heterocycles. The molecule has 0 aromatic rings. The van der Waals surface area contributed by atoms with Crippen LogP contribution in [0.25, 0.3) is 0 Å². The maximum atomic E-state index is 3.86. The fraction of sp³-hybridized carbons (Fsp3) is 1.00. The highest BCUT2D eigenvalue weighted by molar-refractivity contribution is 4.74. The molecule has 2 rings (SSSR count). The molecule has 1 nitrogen and oxygen atoms in total. The Bertz CT molecular complexity index is 164. The average Bonchev–Trinajstić information content (AvgIpc) is 2.29. The molecule has 0 atom stereocenters. The third kappa shape index (κ3) is 4.45. The minimum absolute atomic E-state index is 0.849. The summed E-state index contributed by atoms with van der Waals surface area (Å²) in [6, 6.07) is 0.849. The van der Waals surface area contributed by atoms with E-state index in [2.05, 4.69) is 5.32 Å². The van der Waals surface area contributed by atoms with E-state index >= 15 is 0 Å². The second kappa shape index (κ2) is 7.32. The van der Waals surface area contributed by atoms with Crippen molar-refractivity contribution in [3.8, 4) is 0 Å². The SMILES string of the molecule is C1CCCC(NCC2CCCCC2)CCC1. The molecule has 1 heteroatoms. The van der Waals surface area contributed by atoms with E-state index in [0.717, 1.165) is 12.0 Å². The van der Waals surface area contributed by atoms with Crippen molar-refractivity contribution in [1.82, 2.24) is 5.32 Å². The Balaban J connectivity index is 1.62. The predicted octanol–water partition coefficient (Wildman–Crippen LogP) is 4.27. The Morgan fingerprint density at radius 1 is 0.625 bits per heavy atom. The highest BCUT2D eigenvalue weighted by Gasteiger charge is 2.16. The van der Waals surface area contributed by atoms with Crippen LogP contribution in [0.4, 0.5) is 0 Å². The van der Waals surface area contributed by atoms with Crippen molar-refractivity contribution in [2.75, 3.05) is 6.54 Å². The Labute approximate surface area is 101 Å². The topological polar surface area (TPSA) is 12.0 Å². The monoisotopic (exact) mass is 223 g/mol. The largest absolute Gasteiger partial charge is 0.314 e. The van der Waals surface area contributed by atoms with Crippen molar-refractivity contribution in [2.24, 2.45) is 5.92 Å². The van der Waals surface area contributed by atoms with E-state index in [1.807, 2.05) is 0 Å². The minimum atomic E-state index is 0.849. The van der Waals surface area contributed by atoms with E-state index in [1.54, 1.807) is 0 Å². The van der Waals surface area contributed by atoms with Crippen LogP contribution in [0.5, 0.6) is 0 Å². The van der Waals surface area contributed by atoms with E-state index in [4.69, 9.17) is 0 Å². The van der Waals surface area contributed by atoms with E-state index in [0.29, 0.717) is 0 Å². The van der Waals surface area contributed by atoms with Crippen LogP contribution >= 0.6 is 0 Å². The van der Waals surface area contributed by atoms with Gasteiger partial charge < -0.3 is 5.32 Å². The zero-order chi connectivity index (χ0) is 11.1. The summed E-state index contributed by atoms with van der Waals surface area (Å²) in [5.41, 5.74) is 0. The van der Waals surface area contributed by atoms with Gasteiger partial charge in [0.25, 0.3) is 0 Å². The minimum Gasteiger partial charge on any atom is -0.314 e. The Morgan fingerprint density at radius 2 is 1.12 bits per heavy atom. The molecule has 0 spiro atoms. The van der Waals surface area contributed by atoms with E-state index in [1.165, 1.54) is 83.6 Å². The zero-order valence-electron chi connectivity index (χ0n) is 10.8.